The fraction of sp³-hybridized carbons (Fsp3) is 0.526. The molecule has 1 aromatic carbocycles. The minimum Gasteiger partial charge on any atom is -0.444 e. The fourth-order valence-corrected chi connectivity index (χ4v) is 3.90. The van der Waals surface area contributed by atoms with Crippen LogP contribution in [0.25, 0.3) is 0 Å². The number of likely N-dealkylation sites (tertiary alicyclic amines) is 1. The Balaban J connectivity index is 1.61. The van der Waals surface area contributed by atoms with Gasteiger partial charge in [-0.3, -0.25) is 9.69 Å². The van der Waals surface area contributed by atoms with Crippen LogP contribution >= 0.6 is 11.6 Å². The molecule has 2 fully saturated rings. The van der Waals surface area contributed by atoms with E-state index in [1.807, 2.05) is 51.1 Å². The molecule has 0 spiro atoms. The van der Waals surface area contributed by atoms with Gasteiger partial charge in [0.1, 0.15) is 11.6 Å². The van der Waals surface area contributed by atoms with Crippen molar-refractivity contribution in [2.24, 2.45) is 5.92 Å². The lowest BCUT2D eigenvalue weighted by atomic mass is 10.1. The van der Waals surface area contributed by atoms with Gasteiger partial charge < -0.3 is 4.74 Å². The molecule has 2 aliphatic rings. The molecular formula is C19H23ClN6O3. The predicted molar refractivity (Wildman–Crippen MR) is 105 cm³/mol. The van der Waals surface area contributed by atoms with Crippen molar-refractivity contribution in [3.05, 3.63) is 41.2 Å². The van der Waals surface area contributed by atoms with Crippen LogP contribution in [-0.2, 0) is 16.1 Å². The number of aromatic nitrogens is 4. The maximum atomic E-state index is 13.5. The van der Waals surface area contributed by atoms with E-state index in [1.165, 1.54) is 9.80 Å². The van der Waals surface area contributed by atoms with Gasteiger partial charge in [0.15, 0.2) is 0 Å². The Bertz CT molecular complexity index is 912. The second kappa shape index (κ2) is 7.29. The van der Waals surface area contributed by atoms with E-state index in [1.54, 1.807) is 4.90 Å². The molecule has 3 atom stereocenters. The first-order valence-corrected chi connectivity index (χ1v) is 9.93. The number of carbonyl (C=O) groups excluding carboxylic acids is 2. The van der Waals surface area contributed by atoms with E-state index < -0.39 is 17.7 Å². The highest BCUT2D eigenvalue weighted by Gasteiger charge is 2.58. The molecule has 0 N–H and O–H groups in total. The van der Waals surface area contributed by atoms with Gasteiger partial charge in [0.25, 0.3) is 11.2 Å². The molecule has 9 nitrogen and oxygen atoms in total. The highest BCUT2D eigenvalue weighted by Crippen LogP contribution is 2.48. The third-order valence-electron chi connectivity index (χ3n) is 5.07. The zero-order chi connectivity index (χ0) is 20.8. The first-order valence-electron chi connectivity index (χ1n) is 9.55. The van der Waals surface area contributed by atoms with Crippen LogP contribution in [0.5, 0.6) is 0 Å². The number of tetrazole rings is 1. The summed E-state index contributed by atoms with van der Waals surface area (Å²) in [5, 5.41) is 12.4. The number of amides is 2. The summed E-state index contributed by atoms with van der Waals surface area (Å²) in [5.74, 6) is 0.0282. The normalized spacial score (nSPS) is 22.9. The van der Waals surface area contributed by atoms with Crippen molar-refractivity contribution in [3.8, 4) is 0 Å². The number of carbonyl (C=O) groups is 2. The summed E-state index contributed by atoms with van der Waals surface area (Å²) in [6.45, 7) is 5.65. The van der Waals surface area contributed by atoms with Crippen molar-refractivity contribution < 1.29 is 14.3 Å². The van der Waals surface area contributed by atoms with E-state index in [0.29, 0.717) is 12.3 Å². The van der Waals surface area contributed by atoms with Crippen LogP contribution in [0.1, 0.15) is 39.2 Å². The van der Waals surface area contributed by atoms with Gasteiger partial charge in [-0.25, -0.2) is 9.80 Å². The first-order chi connectivity index (χ1) is 13.7. The van der Waals surface area contributed by atoms with Gasteiger partial charge in [0.05, 0.1) is 6.54 Å². The zero-order valence-electron chi connectivity index (χ0n) is 16.5. The topological polar surface area (TPSA) is 93.5 Å². The number of ether oxygens (including phenoxy) is 1. The molecule has 0 radical (unpaired) electrons. The van der Waals surface area contributed by atoms with Crippen LogP contribution in [0.2, 0.25) is 5.28 Å². The molecule has 1 aromatic heterocycles. The number of hydrogen-bond donors (Lipinski definition) is 0. The molecule has 2 heterocycles. The summed E-state index contributed by atoms with van der Waals surface area (Å²) >= 11 is 6.10. The number of rotatable bonds is 4. The number of hydrogen-bond acceptors (Lipinski definition) is 6. The predicted octanol–water partition coefficient (Wildman–Crippen LogP) is 2.39. The Morgan fingerprint density at radius 3 is 2.59 bits per heavy atom. The number of nitrogens with zero attached hydrogens (tertiary/aromatic N) is 6. The smallest absolute Gasteiger partial charge is 0.411 e. The maximum absolute atomic E-state index is 13.5. The monoisotopic (exact) mass is 418 g/mol. The Kier molecular flexibility index (Phi) is 4.94. The van der Waals surface area contributed by atoms with Crippen molar-refractivity contribution in [1.29, 1.82) is 0 Å². The highest BCUT2D eigenvalue weighted by molar-refractivity contribution is 6.28. The molecule has 154 valence electrons. The van der Waals surface area contributed by atoms with E-state index in [2.05, 4.69) is 15.5 Å². The third-order valence-corrected chi connectivity index (χ3v) is 5.30. The van der Waals surface area contributed by atoms with Gasteiger partial charge >= 0.3 is 6.09 Å². The standard InChI is InChI=1S/C19H23ClN6O3/c1-19(2,3)29-18(28)25-14-9-13(14)10-15(25)16(27)24(26-17(20)21-22-23-26)11-12-7-5-4-6-8-12/h4-8,13-15H,9-11H2,1-3H3. The molecule has 2 aromatic rings. The van der Waals surface area contributed by atoms with E-state index >= 15 is 0 Å². The number of piperidine rings is 1. The van der Waals surface area contributed by atoms with Crippen molar-refractivity contribution in [2.45, 2.75) is 57.8 Å². The zero-order valence-corrected chi connectivity index (χ0v) is 17.3. The minimum atomic E-state index is -0.641. The molecule has 2 amide bonds. The lowest BCUT2D eigenvalue weighted by molar-refractivity contribution is -0.125. The second-order valence-electron chi connectivity index (χ2n) is 8.42. The van der Waals surface area contributed by atoms with E-state index in [0.717, 1.165) is 12.0 Å². The van der Waals surface area contributed by atoms with Crippen molar-refractivity contribution in [3.63, 3.8) is 0 Å². The molecule has 10 heteroatoms. The summed E-state index contributed by atoms with van der Waals surface area (Å²) in [7, 11) is 0. The van der Waals surface area contributed by atoms with Crippen molar-refractivity contribution in [1.82, 2.24) is 25.2 Å². The third kappa shape index (κ3) is 4.05. The Morgan fingerprint density at radius 2 is 1.97 bits per heavy atom. The molecule has 3 unspecified atom stereocenters. The fourth-order valence-electron chi connectivity index (χ4n) is 3.74. The summed E-state index contributed by atoms with van der Waals surface area (Å²) in [6.07, 6.45) is 1.02. The van der Waals surface area contributed by atoms with E-state index in [4.69, 9.17) is 16.3 Å². The van der Waals surface area contributed by atoms with E-state index in [9.17, 15) is 9.59 Å². The van der Waals surface area contributed by atoms with Gasteiger partial charge in [0.2, 0.25) is 0 Å². The van der Waals surface area contributed by atoms with Crippen LogP contribution < -0.4 is 5.01 Å². The van der Waals surface area contributed by atoms with Gasteiger partial charge in [-0.05, 0) is 67.1 Å². The highest BCUT2D eigenvalue weighted by atomic mass is 35.5. The average Bonchev–Trinajstić information content (AvgIpc) is 3.10. The first kappa shape index (κ1) is 19.6. The Labute approximate surface area is 173 Å². The molecule has 1 saturated carbocycles. The number of fused-ring (bicyclic) bond motifs is 1. The SMILES string of the molecule is CC(C)(C)OC(=O)N1C(C(=O)N(Cc2ccccc2)n2nnnc2Cl)CC2CC21. The summed E-state index contributed by atoms with van der Waals surface area (Å²) < 4.78 is 5.55. The van der Waals surface area contributed by atoms with Crippen LogP contribution in [-0.4, -0.2) is 54.9 Å². The Hall–Kier alpha value is -2.68. The number of benzene rings is 1. The largest absolute Gasteiger partial charge is 0.444 e. The molecule has 0 bridgehead atoms. The van der Waals surface area contributed by atoms with Crippen LogP contribution in [0.4, 0.5) is 4.79 Å². The summed E-state index contributed by atoms with van der Waals surface area (Å²) in [6, 6.07) is 8.87. The number of halogens is 1. The van der Waals surface area contributed by atoms with Crippen molar-refractivity contribution in [2.75, 3.05) is 5.01 Å². The lowest BCUT2D eigenvalue weighted by Crippen LogP contribution is -2.54. The van der Waals surface area contributed by atoms with Crippen molar-refractivity contribution >= 4 is 23.6 Å². The summed E-state index contributed by atoms with van der Waals surface area (Å²) in [5.41, 5.74) is 0.250. The minimum absolute atomic E-state index is 0.0266. The van der Waals surface area contributed by atoms with Gasteiger partial charge in [0, 0.05) is 6.04 Å². The molecule has 1 saturated heterocycles. The summed E-state index contributed by atoms with van der Waals surface area (Å²) in [4.78, 5) is 29.1. The van der Waals surface area contributed by atoms with Crippen LogP contribution in [0, 0.1) is 5.92 Å². The molecule has 1 aliphatic carbocycles. The molecule has 4 rings (SSSR count). The second-order valence-corrected chi connectivity index (χ2v) is 8.76. The average molecular weight is 419 g/mol. The van der Waals surface area contributed by atoms with Gasteiger partial charge in [-0.1, -0.05) is 35.4 Å². The molecule has 29 heavy (non-hydrogen) atoms. The van der Waals surface area contributed by atoms with E-state index in [-0.39, 0.29) is 23.8 Å². The quantitative estimate of drug-likeness (QED) is 0.756. The van der Waals surface area contributed by atoms with Crippen LogP contribution in [0.3, 0.4) is 0 Å². The molecule has 1 aliphatic heterocycles. The van der Waals surface area contributed by atoms with Crippen LogP contribution in [0.15, 0.2) is 30.3 Å². The Morgan fingerprint density at radius 1 is 1.24 bits per heavy atom. The molecular weight excluding hydrogens is 396 g/mol. The maximum Gasteiger partial charge on any atom is 0.411 e. The van der Waals surface area contributed by atoms with Gasteiger partial charge in [-0.15, -0.1) is 4.79 Å². The lowest BCUT2D eigenvalue weighted by Gasteiger charge is -2.32. The van der Waals surface area contributed by atoms with Gasteiger partial charge in [-0.2, -0.15) is 0 Å².